The number of nitrogens with one attached hydrogen (secondary N) is 1. The fourth-order valence-electron chi connectivity index (χ4n) is 3.12. The summed E-state index contributed by atoms with van der Waals surface area (Å²) in [6.45, 7) is 2.62. The van der Waals surface area contributed by atoms with Gasteiger partial charge in [-0.15, -0.1) is 0 Å². The fourth-order valence-corrected chi connectivity index (χ4v) is 3.12. The number of nitrogens with zero attached hydrogens (tertiary/aromatic N) is 3. The van der Waals surface area contributed by atoms with Crippen molar-refractivity contribution >= 4 is 11.6 Å². The third-order valence-electron chi connectivity index (χ3n) is 4.69. The van der Waals surface area contributed by atoms with Gasteiger partial charge in [0.25, 0.3) is 11.6 Å². The first-order chi connectivity index (χ1) is 14.5. The Morgan fingerprint density at radius 1 is 1.13 bits per heavy atom. The Morgan fingerprint density at radius 2 is 1.93 bits per heavy atom. The largest absolute Gasteiger partial charge is 0.351 e. The minimum Gasteiger partial charge on any atom is -0.351 e. The van der Waals surface area contributed by atoms with Gasteiger partial charge in [0.15, 0.2) is 0 Å². The Balaban J connectivity index is 1.97. The smallest absolute Gasteiger partial charge is 0.271 e. The number of halogens is 1. The van der Waals surface area contributed by atoms with Crippen LogP contribution in [0.5, 0.6) is 0 Å². The molecule has 0 aliphatic carbocycles. The lowest BCUT2D eigenvalue weighted by molar-refractivity contribution is -0.384. The SMILES string of the molecule is CCCCCCNC(=O)c1cc(-c2ccccc2F)nn1-c1cccc([N+](=O)[O-])c1. The molecule has 3 aromatic rings. The Bertz CT molecular complexity index is 1050. The van der Waals surface area contributed by atoms with E-state index in [2.05, 4.69) is 17.3 Å². The van der Waals surface area contributed by atoms with E-state index in [-0.39, 0.29) is 28.5 Å². The van der Waals surface area contributed by atoms with Crippen LogP contribution in [0.1, 0.15) is 43.1 Å². The number of nitro benzene ring substituents is 1. The second-order valence-electron chi connectivity index (χ2n) is 6.90. The van der Waals surface area contributed by atoms with Crippen LogP contribution in [0, 0.1) is 15.9 Å². The summed E-state index contributed by atoms with van der Waals surface area (Å²) in [6, 6.07) is 13.5. The van der Waals surface area contributed by atoms with Crippen LogP contribution in [0.4, 0.5) is 10.1 Å². The Labute approximate surface area is 173 Å². The number of hydrogen-bond donors (Lipinski definition) is 1. The molecule has 0 saturated carbocycles. The molecule has 1 amide bonds. The lowest BCUT2D eigenvalue weighted by Gasteiger charge is -2.08. The molecule has 2 aromatic carbocycles. The molecule has 0 bridgehead atoms. The van der Waals surface area contributed by atoms with Gasteiger partial charge in [-0.25, -0.2) is 9.07 Å². The molecule has 0 radical (unpaired) electrons. The Hall–Kier alpha value is -3.55. The quantitative estimate of drug-likeness (QED) is 0.309. The van der Waals surface area contributed by atoms with E-state index in [1.54, 1.807) is 24.3 Å². The first-order valence-electron chi connectivity index (χ1n) is 9.89. The zero-order chi connectivity index (χ0) is 21.5. The van der Waals surface area contributed by atoms with Crippen LogP contribution in [0.2, 0.25) is 0 Å². The summed E-state index contributed by atoms with van der Waals surface area (Å²) in [4.78, 5) is 23.5. The maximum Gasteiger partial charge on any atom is 0.271 e. The summed E-state index contributed by atoms with van der Waals surface area (Å²) < 4.78 is 15.6. The second-order valence-corrected chi connectivity index (χ2v) is 6.90. The number of amides is 1. The number of non-ortho nitro benzene ring substituents is 1. The standard InChI is InChI=1S/C22H23FN4O3/c1-2-3-4-7-13-24-22(28)21-15-20(18-11-5-6-12-19(18)23)25-26(21)16-9-8-10-17(14-16)27(29)30/h5-6,8-12,14-15H,2-4,7,13H2,1H3,(H,24,28). The molecule has 0 aliphatic rings. The highest BCUT2D eigenvalue weighted by Crippen LogP contribution is 2.25. The summed E-state index contributed by atoms with van der Waals surface area (Å²) in [5.74, 6) is -0.833. The lowest BCUT2D eigenvalue weighted by Crippen LogP contribution is -2.26. The van der Waals surface area contributed by atoms with E-state index in [0.29, 0.717) is 12.2 Å². The van der Waals surface area contributed by atoms with Gasteiger partial charge in [0.1, 0.15) is 11.5 Å². The summed E-state index contributed by atoms with van der Waals surface area (Å²) >= 11 is 0. The molecule has 0 unspecified atom stereocenters. The van der Waals surface area contributed by atoms with Crippen LogP contribution < -0.4 is 5.32 Å². The first-order valence-corrected chi connectivity index (χ1v) is 9.89. The number of carbonyl (C=O) groups is 1. The zero-order valence-electron chi connectivity index (χ0n) is 16.7. The Morgan fingerprint density at radius 3 is 2.67 bits per heavy atom. The number of nitro groups is 1. The molecule has 1 aromatic heterocycles. The van der Waals surface area contributed by atoms with Gasteiger partial charge in [0.05, 0.1) is 16.3 Å². The molecule has 156 valence electrons. The number of benzene rings is 2. The van der Waals surface area contributed by atoms with Gasteiger partial charge < -0.3 is 5.32 Å². The molecule has 0 saturated heterocycles. The van der Waals surface area contributed by atoms with Gasteiger partial charge in [0, 0.05) is 24.2 Å². The molecule has 0 spiro atoms. The molecule has 1 N–H and O–H groups in total. The molecule has 30 heavy (non-hydrogen) atoms. The normalized spacial score (nSPS) is 10.7. The third kappa shape index (κ3) is 4.89. The highest BCUT2D eigenvalue weighted by atomic mass is 19.1. The van der Waals surface area contributed by atoms with Crippen molar-refractivity contribution in [2.75, 3.05) is 6.54 Å². The molecule has 7 nitrogen and oxygen atoms in total. The van der Waals surface area contributed by atoms with Gasteiger partial charge in [-0.05, 0) is 30.7 Å². The van der Waals surface area contributed by atoms with Crippen molar-refractivity contribution in [1.29, 1.82) is 0 Å². The number of carbonyl (C=O) groups excluding carboxylic acids is 1. The van der Waals surface area contributed by atoms with Crippen molar-refractivity contribution in [3.8, 4) is 16.9 Å². The predicted octanol–water partition coefficient (Wildman–Crippen LogP) is 4.90. The average molecular weight is 410 g/mol. The Kier molecular flexibility index (Phi) is 6.90. The van der Waals surface area contributed by atoms with Crippen LogP contribution in [-0.2, 0) is 0 Å². The summed E-state index contributed by atoms with van der Waals surface area (Å²) in [6.07, 6.45) is 4.06. The fraction of sp³-hybridized carbons (Fsp3) is 0.273. The van der Waals surface area contributed by atoms with Crippen LogP contribution in [0.25, 0.3) is 16.9 Å². The second kappa shape index (κ2) is 9.78. The number of rotatable bonds is 9. The van der Waals surface area contributed by atoms with E-state index in [4.69, 9.17) is 0 Å². The van der Waals surface area contributed by atoms with Crippen LogP contribution in [0.3, 0.4) is 0 Å². The minimum atomic E-state index is -0.516. The molecule has 0 aliphatic heterocycles. The maximum atomic E-state index is 14.3. The van der Waals surface area contributed by atoms with E-state index >= 15 is 0 Å². The van der Waals surface area contributed by atoms with E-state index in [1.807, 2.05) is 0 Å². The van der Waals surface area contributed by atoms with Crippen molar-refractivity contribution in [3.05, 3.63) is 76.2 Å². The number of hydrogen-bond acceptors (Lipinski definition) is 4. The van der Waals surface area contributed by atoms with Gasteiger partial charge in [-0.3, -0.25) is 14.9 Å². The zero-order valence-corrected chi connectivity index (χ0v) is 16.7. The van der Waals surface area contributed by atoms with Crippen molar-refractivity contribution in [2.24, 2.45) is 0 Å². The van der Waals surface area contributed by atoms with Crippen LogP contribution >= 0.6 is 0 Å². The van der Waals surface area contributed by atoms with E-state index in [1.165, 1.54) is 35.0 Å². The summed E-state index contributed by atoms with van der Waals surface area (Å²) in [5.41, 5.74) is 0.933. The topological polar surface area (TPSA) is 90.1 Å². The highest BCUT2D eigenvalue weighted by Gasteiger charge is 2.20. The molecule has 1 heterocycles. The van der Waals surface area contributed by atoms with Crippen molar-refractivity contribution in [1.82, 2.24) is 15.1 Å². The van der Waals surface area contributed by atoms with Gasteiger partial charge in [0.2, 0.25) is 0 Å². The molecule has 8 heteroatoms. The average Bonchev–Trinajstić information content (AvgIpc) is 3.19. The van der Waals surface area contributed by atoms with Gasteiger partial charge >= 0.3 is 0 Å². The predicted molar refractivity (Wildman–Crippen MR) is 112 cm³/mol. The van der Waals surface area contributed by atoms with Crippen molar-refractivity contribution in [3.63, 3.8) is 0 Å². The summed E-state index contributed by atoms with van der Waals surface area (Å²) in [5, 5.41) is 18.4. The molecular weight excluding hydrogens is 387 g/mol. The highest BCUT2D eigenvalue weighted by molar-refractivity contribution is 5.94. The third-order valence-corrected chi connectivity index (χ3v) is 4.69. The number of unbranched alkanes of at least 4 members (excludes halogenated alkanes) is 3. The maximum absolute atomic E-state index is 14.3. The van der Waals surface area contributed by atoms with Gasteiger partial charge in [-0.1, -0.05) is 44.4 Å². The van der Waals surface area contributed by atoms with E-state index < -0.39 is 10.7 Å². The molecule has 3 rings (SSSR count). The monoisotopic (exact) mass is 410 g/mol. The number of aromatic nitrogens is 2. The van der Waals surface area contributed by atoms with Gasteiger partial charge in [-0.2, -0.15) is 5.10 Å². The molecular formula is C22H23FN4O3. The van der Waals surface area contributed by atoms with Crippen molar-refractivity contribution < 1.29 is 14.1 Å². The lowest BCUT2D eigenvalue weighted by atomic mass is 10.1. The first kappa shape index (κ1) is 21.2. The van der Waals surface area contributed by atoms with Crippen molar-refractivity contribution in [2.45, 2.75) is 32.6 Å². The van der Waals surface area contributed by atoms with Crippen LogP contribution in [-0.4, -0.2) is 27.2 Å². The molecule has 0 fully saturated rings. The minimum absolute atomic E-state index is 0.124. The van der Waals surface area contributed by atoms with E-state index in [0.717, 1.165) is 25.7 Å². The van der Waals surface area contributed by atoms with Crippen LogP contribution in [0.15, 0.2) is 54.6 Å². The van der Waals surface area contributed by atoms with E-state index in [9.17, 15) is 19.3 Å². The molecule has 0 atom stereocenters. The summed E-state index contributed by atoms with van der Waals surface area (Å²) in [7, 11) is 0.